The van der Waals surface area contributed by atoms with E-state index in [2.05, 4.69) is 10.6 Å². The van der Waals surface area contributed by atoms with Gasteiger partial charge >= 0.3 is 0 Å². The molecule has 124 valence electrons. The Kier molecular flexibility index (Phi) is 7.62. The standard InChI is InChI=1S/C14H19ClN2O3S.ClH/c15-12-1-3-13(4-2-12)21(19,20)10-14(18)17-8-6-11-5-7-16-9-11;/h1-4,11,16H,5-10H2,(H,17,18);1H. The van der Waals surface area contributed by atoms with Crippen molar-refractivity contribution in [3.05, 3.63) is 29.3 Å². The zero-order chi connectivity index (χ0) is 15.3. The maximum absolute atomic E-state index is 12.1. The lowest BCUT2D eigenvalue weighted by atomic mass is 10.1. The van der Waals surface area contributed by atoms with Gasteiger partial charge in [0.2, 0.25) is 5.91 Å². The molecule has 0 radical (unpaired) electrons. The molecule has 2 rings (SSSR count). The second kappa shape index (κ2) is 8.72. The molecule has 1 atom stereocenters. The van der Waals surface area contributed by atoms with Gasteiger partial charge in [-0.25, -0.2) is 8.42 Å². The van der Waals surface area contributed by atoms with Crippen molar-refractivity contribution in [3.8, 4) is 0 Å². The molecule has 1 aliphatic heterocycles. The molecule has 1 fully saturated rings. The topological polar surface area (TPSA) is 75.3 Å². The van der Waals surface area contributed by atoms with Gasteiger partial charge in [-0.1, -0.05) is 11.6 Å². The Morgan fingerprint density at radius 2 is 2.00 bits per heavy atom. The number of hydrogen-bond donors (Lipinski definition) is 2. The van der Waals surface area contributed by atoms with Crippen molar-refractivity contribution in [2.75, 3.05) is 25.4 Å². The van der Waals surface area contributed by atoms with Crippen LogP contribution in [-0.4, -0.2) is 39.7 Å². The Morgan fingerprint density at radius 3 is 2.59 bits per heavy atom. The molecule has 0 aromatic heterocycles. The molecule has 2 N–H and O–H groups in total. The molecule has 0 spiro atoms. The van der Waals surface area contributed by atoms with Crippen molar-refractivity contribution in [2.24, 2.45) is 5.92 Å². The normalized spacial score (nSPS) is 17.8. The molecule has 1 unspecified atom stereocenters. The summed E-state index contributed by atoms with van der Waals surface area (Å²) in [6, 6.07) is 5.82. The molecule has 1 aromatic rings. The van der Waals surface area contributed by atoms with Crippen molar-refractivity contribution in [1.29, 1.82) is 0 Å². The summed E-state index contributed by atoms with van der Waals surface area (Å²) < 4.78 is 24.1. The molecule has 0 aliphatic carbocycles. The van der Waals surface area contributed by atoms with Crippen LogP contribution in [0.1, 0.15) is 12.8 Å². The van der Waals surface area contributed by atoms with Gasteiger partial charge in [0.05, 0.1) is 4.90 Å². The fourth-order valence-corrected chi connectivity index (χ4v) is 3.62. The molecular formula is C14H20Cl2N2O3S. The maximum Gasteiger partial charge on any atom is 0.235 e. The van der Waals surface area contributed by atoms with Gasteiger partial charge in [0, 0.05) is 11.6 Å². The number of nitrogens with one attached hydrogen (secondary N) is 2. The number of hydrogen-bond acceptors (Lipinski definition) is 4. The van der Waals surface area contributed by atoms with E-state index in [4.69, 9.17) is 11.6 Å². The first kappa shape index (κ1) is 19.2. The Bertz CT molecular complexity index is 585. The lowest BCUT2D eigenvalue weighted by Crippen LogP contribution is -2.32. The Morgan fingerprint density at radius 1 is 1.32 bits per heavy atom. The number of sulfone groups is 1. The van der Waals surface area contributed by atoms with E-state index in [1.165, 1.54) is 24.3 Å². The summed E-state index contributed by atoms with van der Waals surface area (Å²) in [5.74, 6) is -0.425. The monoisotopic (exact) mass is 366 g/mol. The Labute approximate surface area is 142 Å². The van der Waals surface area contributed by atoms with E-state index in [9.17, 15) is 13.2 Å². The fourth-order valence-electron chi connectivity index (χ4n) is 2.33. The summed E-state index contributed by atoms with van der Waals surface area (Å²) in [7, 11) is -3.61. The third-order valence-electron chi connectivity index (χ3n) is 3.53. The molecule has 8 heteroatoms. The summed E-state index contributed by atoms with van der Waals surface area (Å²) in [5, 5.41) is 6.39. The highest BCUT2D eigenvalue weighted by Gasteiger charge is 2.20. The minimum atomic E-state index is -3.61. The van der Waals surface area contributed by atoms with Crippen molar-refractivity contribution >= 4 is 39.8 Å². The van der Waals surface area contributed by atoms with Gasteiger partial charge in [-0.05, 0) is 56.1 Å². The smallest absolute Gasteiger partial charge is 0.235 e. The minimum Gasteiger partial charge on any atom is -0.355 e. The van der Waals surface area contributed by atoms with E-state index in [-0.39, 0.29) is 17.3 Å². The van der Waals surface area contributed by atoms with Crippen LogP contribution in [0.3, 0.4) is 0 Å². The number of amides is 1. The maximum atomic E-state index is 12.1. The van der Waals surface area contributed by atoms with Crippen molar-refractivity contribution in [3.63, 3.8) is 0 Å². The number of carbonyl (C=O) groups is 1. The lowest BCUT2D eigenvalue weighted by molar-refractivity contribution is -0.118. The van der Waals surface area contributed by atoms with Gasteiger partial charge in [-0.15, -0.1) is 12.4 Å². The van der Waals surface area contributed by atoms with Gasteiger partial charge in [-0.3, -0.25) is 4.79 Å². The molecule has 1 saturated heterocycles. The zero-order valence-corrected chi connectivity index (χ0v) is 14.4. The first-order chi connectivity index (χ1) is 9.97. The van der Waals surface area contributed by atoms with Crippen LogP contribution < -0.4 is 10.6 Å². The van der Waals surface area contributed by atoms with Crippen LogP contribution in [-0.2, 0) is 14.6 Å². The highest BCUT2D eigenvalue weighted by Crippen LogP contribution is 2.15. The van der Waals surface area contributed by atoms with Gasteiger partial charge in [0.25, 0.3) is 0 Å². The van der Waals surface area contributed by atoms with E-state index < -0.39 is 21.5 Å². The van der Waals surface area contributed by atoms with Crippen LogP contribution in [0.4, 0.5) is 0 Å². The summed E-state index contributed by atoms with van der Waals surface area (Å²) in [4.78, 5) is 11.9. The van der Waals surface area contributed by atoms with Crippen molar-refractivity contribution in [1.82, 2.24) is 10.6 Å². The van der Waals surface area contributed by atoms with Gasteiger partial charge in [-0.2, -0.15) is 0 Å². The van der Waals surface area contributed by atoms with Crippen LogP contribution in [0.15, 0.2) is 29.2 Å². The van der Waals surface area contributed by atoms with E-state index in [1.54, 1.807) is 0 Å². The van der Waals surface area contributed by atoms with E-state index in [0.717, 1.165) is 25.9 Å². The highest BCUT2D eigenvalue weighted by atomic mass is 35.5. The van der Waals surface area contributed by atoms with E-state index in [1.807, 2.05) is 0 Å². The third kappa shape index (κ3) is 5.76. The molecular weight excluding hydrogens is 347 g/mol. The lowest BCUT2D eigenvalue weighted by Gasteiger charge is -2.09. The minimum absolute atomic E-state index is 0. The van der Waals surface area contributed by atoms with E-state index >= 15 is 0 Å². The summed E-state index contributed by atoms with van der Waals surface area (Å²) in [6.07, 6.45) is 1.98. The van der Waals surface area contributed by atoms with Crippen LogP contribution in [0.2, 0.25) is 5.02 Å². The van der Waals surface area contributed by atoms with Crippen LogP contribution in [0.5, 0.6) is 0 Å². The number of halogens is 2. The number of carbonyl (C=O) groups excluding carboxylic acids is 1. The van der Waals surface area contributed by atoms with Crippen molar-refractivity contribution < 1.29 is 13.2 Å². The fraction of sp³-hybridized carbons (Fsp3) is 0.500. The van der Waals surface area contributed by atoms with Crippen molar-refractivity contribution in [2.45, 2.75) is 17.7 Å². The molecule has 22 heavy (non-hydrogen) atoms. The Hall–Kier alpha value is -0.820. The third-order valence-corrected chi connectivity index (χ3v) is 5.42. The summed E-state index contributed by atoms with van der Waals surface area (Å²) >= 11 is 5.72. The second-order valence-corrected chi connectivity index (χ2v) is 7.64. The molecule has 0 saturated carbocycles. The van der Waals surface area contributed by atoms with Crippen LogP contribution >= 0.6 is 24.0 Å². The number of benzene rings is 1. The summed E-state index contributed by atoms with van der Waals surface area (Å²) in [6.45, 7) is 2.50. The molecule has 1 amide bonds. The molecule has 1 aliphatic rings. The molecule has 1 aromatic carbocycles. The average molecular weight is 367 g/mol. The summed E-state index contributed by atoms with van der Waals surface area (Å²) in [5.41, 5.74) is 0. The van der Waals surface area contributed by atoms with Gasteiger partial charge in [0.15, 0.2) is 9.84 Å². The highest BCUT2D eigenvalue weighted by molar-refractivity contribution is 7.92. The molecule has 0 bridgehead atoms. The van der Waals surface area contributed by atoms with Gasteiger partial charge < -0.3 is 10.6 Å². The SMILES string of the molecule is Cl.O=C(CS(=O)(=O)c1ccc(Cl)cc1)NCCC1CCNC1. The Balaban J connectivity index is 0.00000242. The zero-order valence-electron chi connectivity index (χ0n) is 12.0. The molecule has 1 heterocycles. The quantitative estimate of drug-likeness (QED) is 0.802. The van der Waals surface area contributed by atoms with Crippen LogP contribution in [0, 0.1) is 5.92 Å². The predicted octanol–water partition coefficient (Wildman–Crippen LogP) is 1.65. The average Bonchev–Trinajstić information content (AvgIpc) is 2.92. The van der Waals surface area contributed by atoms with E-state index in [0.29, 0.717) is 17.5 Å². The first-order valence-corrected chi connectivity index (χ1v) is 8.96. The predicted molar refractivity (Wildman–Crippen MR) is 89.4 cm³/mol. The van der Waals surface area contributed by atoms with Crippen LogP contribution in [0.25, 0.3) is 0 Å². The number of rotatable bonds is 6. The largest absolute Gasteiger partial charge is 0.355 e. The second-order valence-electron chi connectivity index (χ2n) is 5.21. The molecule has 5 nitrogen and oxygen atoms in total. The first-order valence-electron chi connectivity index (χ1n) is 6.93. The van der Waals surface area contributed by atoms with Gasteiger partial charge in [0.1, 0.15) is 5.75 Å².